The molecular weight excluding hydrogens is 332 g/mol. The number of benzene rings is 3. The van der Waals surface area contributed by atoms with Crippen molar-refractivity contribution in [3.63, 3.8) is 0 Å². The van der Waals surface area contributed by atoms with Gasteiger partial charge in [-0.2, -0.15) is 0 Å². The molecule has 4 rings (SSSR count). The van der Waals surface area contributed by atoms with Gasteiger partial charge in [-0.3, -0.25) is 14.7 Å². The van der Waals surface area contributed by atoms with E-state index >= 15 is 0 Å². The van der Waals surface area contributed by atoms with Crippen molar-refractivity contribution in [3.8, 4) is 0 Å². The average molecular weight is 354 g/mol. The normalized spacial score (nSPS) is 22.4. The molecule has 0 radical (unpaired) electrons. The number of aliphatic imine (C=N–C) groups is 1. The molecule has 1 amide bonds. The Kier molecular flexibility index (Phi) is 4.36. The second kappa shape index (κ2) is 6.84. The summed E-state index contributed by atoms with van der Waals surface area (Å²) < 4.78 is 0. The van der Waals surface area contributed by atoms with Gasteiger partial charge < -0.3 is 0 Å². The van der Waals surface area contributed by atoms with Gasteiger partial charge in [0.1, 0.15) is 0 Å². The van der Waals surface area contributed by atoms with Crippen LogP contribution < -0.4 is 4.90 Å². The largest absolute Gasteiger partial charge is 0.299 e. The predicted octanol–water partition coefficient (Wildman–Crippen LogP) is 5.37. The quantitative estimate of drug-likeness (QED) is 0.458. The van der Waals surface area contributed by atoms with Gasteiger partial charge in [-0.1, -0.05) is 66.7 Å². The number of hydrogen-bond acceptors (Lipinski definition) is 2. The number of para-hydroxylation sites is 2. The maximum absolute atomic E-state index is 13.2. The minimum atomic E-state index is -0.518. The highest BCUT2D eigenvalue weighted by Crippen LogP contribution is 2.48. The van der Waals surface area contributed by atoms with E-state index in [0.29, 0.717) is 0 Å². The highest BCUT2D eigenvalue weighted by atomic mass is 16.2. The maximum Gasteiger partial charge on any atom is 0.238 e. The van der Waals surface area contributed by atoms with Crippen LogP contribution in [0.2, 0.25) is 0 Å². The molecule has 0 N–H and O–H groups in total. The first-order valence-electron chi connectivity index (χ1n) is 9.17. The summed E-state index contributed by atoms with van der Waals surface area (Å²) in [5.41, 5.74) is 3.23. The Hall–Kier alpha value is -3.20. The minimum Gasteiger partial charge on any atom is -0.299 e. The first-order chi connectivity index (χ1) is 13.1. The molecule has 0 bridgehead atoms. The molecule has 0 aromatic heterocycles. The van der Waals surface area contributed by atoms with Crippen molar-refractivity contribution in [1.82, 2.24) is 0 Å². The molecule has 134 valence electrons. The lowest BCUT2D eigenvalue weighted by Crippen LogP contribution is -2.71. The van der Waals surface area contributed by atoms with Crippen molar-refractivity contribution in [2.24, 2.45) is 4.99 Å². The summed E-state index contributed by atoms with van der Waals surface area (Å²) in [5.74, 6) is -0.135. The fraction of sp³-hybridized carbons (Fsp3) is 0.167. The predicted molar refractivity (Wildman–Crippen MR) is 111 cm³/mol. The first kappa shape index (κ1) is 17.2. The average Bonchev–Trinajstić information content (AvgIpc) is 2.70. The lowest BCUT2D eigenvalue weighted by atomic mass is 9.67. The van der Waals surface area contributed by atoms with E-state index < -0.39 is 5.54 Å². The van der Waals surface area contributed by atoms with Crippen molar-refractivity contribution in [3.05, 3.63) is 96.6 Å². The van der Waals surface area contributed by atoms with Crippen LogP contribution in [0.4, 0.5) is 11.4 Å². The summed E-state index contributed by atoms with van der Waals surface area (Å²) in [6.45, 7) is 4.13. The smallest absolute Gasteiger partial charge is 0.238 e. The summed E-state index contributed by atoms with van der Waals surface area (Å²) in [6.07, 6.45) is 0. The fourth-order valence-corrected chi connectivity index (χ4v) is 3.93. The minimum absolute atomic E-state index is 0.109. The van der Waals surface area contributed by atoms with Crippen LogP contribution >= 0.6 is 0 Å². The van der Waals surface area contributed by atoms with Crippen LogP contribution in [-0.4, -0.2) is 17.2 Å². The summed E-state index contributed by atoms with van der Waals surface area (Å²) in [6, 6.07) is 29.7. The molecule has 3 heteroatoms. The molecule has 27 heavy (non-hydrogen) atoms. The number of rotatable bonds is 4. The molecule has 3 aromatic rings. The van der Waals surface area contributed by atoms with E-state index in [0.717, 1.165) is 22.6 Å². The highest BCUT2D eigenvalue weighted by molar-refractivity contribution is 6.19. The monoisotopic (exact) mass is 354 g/mol. The first-order valence-corrected chi connectivity index (χ1v) is 9.17. The van der Waals surface area contributed by atoms with Crippen molar-refractivity contribution < 1.29 is 4.79 Å². The molecule has 1 aliphatic rings. The lowest BCUT2D eigenvalue weighted by molar-refractivity contribution is -0.127. The molecule has 1 aliphatic heterocycles. The fourth-order valence-electron chi connectivity index (χ4n) is 3.93. The van der Waals surface area contributed by atoms with Gasteiger partial charge >= 0.3 is 0 Å². The third kappa shape index (κ3) is 2.85. The molecule has 1 fully saturated rings. The second-order valence-electron chi connectivity index (χ2n) is 7.03. The molecule has 3 nitrogen and oxygen atoms in total. The van der Waals surface area contributed by atoms with Crippen molar-refractivity contribution >= 4 is 23.0 Å². The van der Waals surface area contributed by atoms with Crippen molar-refractivity contribution in [2.45, 2.75) is 25.3 Å². The number of carbonyl (C=O) groups excluding carboxylic acids is 1. The molecule has 0 aliphatic carbocycles. The Morgan fingerprint density at radius 1 is 0.852 bits per heavy atom. The Balaban J connectivity index is 1.82. The van der Waals surface area contributed by atoms with E-state index in [1.54, 1.807) is 0 Å². The zero-order valence-electron chi connectivity index (χ0n) is 15.5. The van der Waals surface area contributed by atoms with Gasteiger partial charge in [0, 0.05) is 11.4 Å². The molecule has 0 spiro atoms. The van der Waals surface area contributed by atoms with Gasteiger partial charge in [-0.05, 0) is 43.7 Å². The Labute approximate surface area is 160 Å². The van der Waals surface area contributed by atoms with Crippen LogP contribution in [0.3, 0.4) is 0 Å². The lowest BCUT2D eigenvalue weighted by Gasteiger charge is -2.56. The van der Waals surface area contributed by atoms with E-state index in [1.807, 2.05) is 103 Å². The molecule has 1 heterocycles. The van der Waals surface area contributed by atoms with Gasteiger partial charge in [-0.15, -0.1) is 0 Å². The molecule has 2 atom stereocenters. The standard InChI is InChI=1S/C24H22N2O/c1-18(25-20-14-8-4-9-15-20)24(2)22(19-12-6-3-7-13-19)23(27)26(24)21-16-10-5-11-17-21/h3-17,22H,1-2H3. The molecule has 2 unspecified atom stereocenters. The van der Waals surface area contributed by atoms with E-state index in [2.05, 4.69) is 6.92 Å². The van der Waals surface area contributed by atoms with E-state index in [-0.39, 0.29) is 11.8 Å². The molecule has 0 saturated carbocycles. The van der Waals surface area contributed by atoms with E-state index in [9.17, 15) is 4.79 Å². The molecule has 1 saturated heterocycles. The Morgan fingerprint density at radius 2 is 1.37 bits per heavy atom. The summed E-state index contributed by atoms with van der Waals surface area (Å²) in [4.78, 5) is 19.9. The second-order valence-corrected chi connectivity index (χ2v) is 7.03. The SMILES string of the molecule is CC(=Nc1ccccc1)C1(C)C(c2ccccc2)C(=O)N1c1ccccc1. The third-order valence-electron chi connectivity index (χ3n) is 5.43. The van der Waals surface area contributed by atoms with Crippen LogP contribution in [0.25, 0.3) is 0 Å². The zero-order chi connectivity index (χ0) is 18.9. The van der Waals surface area contributed by atoms with Crippen LogP contribution in [0.1, 0.15) is 25.3 Å². The van der Waals surface area contributed by atoms with Gasteiger partial charge in [0.2, 0.25) is 5.91 Å². The molecule has 3 aromatic carbocycles. The summed E-state index contributed by atoms with van der Waals surface area (Å²) in [5, 5.41) is 0. The number of anilines is 1. The number of β-lactam (4-membered cyclic amide) rings is 1. The van der Waals surface area contributed by atoms with Crippen LogP contribution in [0.5, 0.6) is 0 Å². The third-order valence-corrected chi connectivity index (χ3v) is 5.43. The highest BCUT2D eigenvalue weighted by Gasteiger charge is 2.59. The number of hydrogen-bond donors (Lipinski definition) is 0. The van der Waals surface area contributed by atoms with E-state index in [1.165, 1.54) is 0 Å². The van der Waals surface area contributed by atoms with Gasteiger partial charge in [-0.25, -0.2) is 0 Å². The Morgan fingerprint density at radius 3 is 1.96 bits per heavy atom. The van der Waals surface area contributed by atoms with Crippen LogP contribution in [-0.2, 0) is 4.79 Å². The number of nitrogens with zero attached hydrogens (tertiary/aromatic N) is 2. The van der Waals surface area contributed by atoms with Gasteiger partial charge in [0.25, 0.3) is 0 Å². The van der Waals surface area contributed by atoms with Gasteiger partial charge in [0.05, 0.1) is 17.1 Å². The van der Waals surface area contributed by atoms with Crippen LogP contribution in [0, 0.1) is 0 Å². The van der Waals surface area contributed by atoms with E-state index in [4.69, 9.17) is 4.99 Å². The van der Waals surface area contributed by atoms with Crippen molar-refractivity contribution in [1.29, 1.82) is 0 Å². The van der Waals surface area contributed by atoms with Gasteiger partial charge in [0.15, 0.2) is 0 Å². The zero-order valence-corrected chi connectivity index (χ0v) is 15.5. The Bertz CT molecular complexity index is 916. The summed E-state index contributed by atoms with van der Waals surface area (Å²) in [7, 11) is 0. The van der Waals surface area contributed by atoms with Crippen LogP contribution in [0.15, 0.2) is 96.0 Å². The molecular formula is C24H22N2O. The van der Waals surface area contributed by atoms with Crippen molar-refractivity contribution in [2.75, 3.05) is 4.90 Å². The topological polar surface area (TPSA) is 32.7 Å². The number of amides is 1. The summed E-state index contributed by atoms with van der Waals surface area (Å²) >= 11 is 0. The number of carbonyl (C=O) groups is 1. The maximum atomic E-state index is 13.2.